The molecule has 2 unspecified atom stereocenters. The second-order valence-corrected chi connectivity index (χ2v) is 10.5. The predicted octanol–water partition coefficient (Wildman–Crippen LogP) is 5.59. The van der Waals surface area contributed by atoms with Crippen LogP contribution in [0.15, 0.2) is 42.5 Å². The van der Waals surface area contributed by atoms with Gasteiger partial charge in [-0.3, -0.25) is 4.79 Å². The third-order valence-electron chi connectivity index (χ3n) is 6.37. The lowest BCUT2D eigenvalue weighted by atomic mass is 9.85. The lowest BCUT2D eigenvalue weighted by Gasteiger charge is -2.25. The van der Waals surface area contributed by atoms with Gasteiger partial charge in [0.15, 0.2) is 0 Å². The van der Waals surface area contributed by atoms with E-state index in [9.17, 15) is 15.0 Å². The molecule has 33 heavy (non-hydrogen) atoms. The van der Waals surface area contributed by atoms with E-state index in [2.05, 4.69) is 45.3 Å². The van der Waals surface area contributed by atoms with E-state index in [1.54, 1.807) is 0 Å². The first-order chi connectivity index (χ1) is 15.9. The van der Waals surface area contributed by atoms with Gasteiger partial charge in [-0.15, -0.1) is 0 Å². The van der Waals surface area contributed by atoms with Gasteiger partial charge in [0.05, 0.1) is 24.4 Å². The monoisotopic (exact) mass is 496 g/mol. The molecule has 0 aliphatic heterocycles. The van der Waals surface area contributed by atoms with E-state index in [1.807, 2.05) is 19.9 Å². The summed E-state index contributed by atoms with van der Waals surface area (Å²) in [7, 11) is 3.03. The quantitative estimate of drug-likeness (QED) is 0.143. The van der Waals surface area contributed by atoms with E-state index in [4.69, 9.17) is 9.26 Å². The van der Waals surface area contributed by atoms with E-state index in [-0.39, 0.29) is 30.0 Å². The standard InChI is InChI=1S/C26H42O5P2/c1-19(2)30-26(29)13-9-4-3-8-12-22-23(25(28)18-24(22)27)17-16-21(31-33-32)15-14-20-10-6-5-7-11-20/h3,5-8,10-11,19,21-25,27-28,33H,4,9,12-18,32H2,1-2H3/b8-3-/t21-,22+,23+,24-,25+/m0/s1. The average molecular weight is 497 g/mol. The Morgan fingerprint density at radius 3 is 2.58 bits per heavy atom. The van der Waals surface area contributed by atoms with Crippen molar-refractivity contribution in [3.63, 3.8) is 0 Å². The van der Waals surface area contributed by atoms with Crippen LogP contribution in [0.1, 0.15) is 70.8 Å². The number of esters is 1. The van der Waals surface area contributed by atoms with E-state index < -0.39 is 12.2 Å². The Balaban J connectivity index is 1.78. The predicted molar refractivity (Wildman–Crippen MR) is 139 cm³/mol. The highest BCUT2D eigenvalue weighted by Crippen LogP contribution is 2.39. The van der Waals surface area contributed by atoms with Crippen LogP contribution in [0, 0.1) is 11.8 Å². The molecule has 2 N–H and O–H groups in total. The van der Waals surface area contributed by atoms with Gasteiger partial charge < -0.3 is 19.5 Å². The Morgan fingerprint density at radius 1 is 1.15 bits per heavy atom. The third-order valence-corrected chi connectivity index (χ3v) is 7.25. The van der Waals surface area contributed by atoms with Gasteiger partial charge in [-0.2, -0.15) is 0 Å². The zero-order valence-corrected chi connectivity index (χ0v) is 22.2. The van der Waals surface area contributed by atoms with Gasteiger partial charge in [0.2, 0.25) is 0 Å². The number of aryl methyl sites for hydroxylation is 1. The molecule has 0 saturated heterocycles. The molecule has 0 aromatic heterocycles. The van der Waals surface area contributed by atoms with Crippen LogP contribution in [0.2, 0.25) is 0 Å². The van der Waals surface area contributed by atoms with Crippen molar-refractivity contribution in [1.29, 1.82) is 0 Å². The number of carbonyl (C=O) groups excluding carboxylic acids is 1. The lowest BCUT2D eigenvalue weighted by molar-refractivity contribution is -0.147. The van der Waals surface area contributed by atoms with Gasteiger partial charge in [0.25, 0.3) is 0 Å². The van der Waals surface area contributed by atoms with Crippen molar-refractivity contribution in [1.82, 2.24) is 0 Å². The highest BCUT2D eigenvalue weighted by atomic mass is 32.0. The fraction of sp³-hybridized carbons (Fsp3) is 0.654. The van der Waals surface area contributed by atoms with Crippen LogP contribution in [0.4, 0.5) is 0 Å². The Kier molecular flexibility index (Phi) is 13.7. The van der Waals surface area contributed by atoms with Crippen LogP contribution >= 0.6 is 17.4 Å². The van der Waals surface area contributed by atoms with Gasteiger partial charge >= 0.3 is 5.97 Å². The Hall–Kier alpha value is -0.830. The molecule has 1 fully saturated rings. The zero-order chi connectivity index (χ0) is 24.1. The molecule has 0 radical (unpaired) electrons. The van der Waals surface area contributed by atoms with E-state index in [1.165, 1.54) is 5.56 Å². The van der Waals surface area contributed by atoms with Gasteiger partial charge in [-0.1, -0.05) is 51.4 Å². The minimum absolute atomic E-state index is 0.0652. The minimum atomic E-state index is -0.469. The smallest absolute Gasteiger partial charge is 0.306 e. The van der Waals surface area contributed by atoms with Crippen molar-refractivity contribution in [2.24, 2.45) is 11.8 Å². The zero-order valence-electron chi connectivity index (χ0n) is 20.1. The van der Waals surface area contributed by atoms with Crippen molar-refractivity contribution in [3.05, 3.63) is 48.0 Å². The number of benzene rings is 1. The second kappa shape index (κ2) is 16.0. The number of rotatable bonds is 15. The first-order valence-corrected chi connectivity index (χ1v) is 15.0. The largest absolute Gasteiger partial charge is 0.463 e. The topological polar surface area (TPSA) is 76.0 Å². The molecule has 1 aliphatic rings. The van der Waals surface area contributed by atoms with Crippen molar-refractivity contribution in [2.45, 2.75) is 96.1 Å². The van der Waals surface area contributed by atoms with Gasteiger partial charge in [-0.05, 0) is 82.6 Å². The molecule has 1 aromatic rings. The molecule has 0 bridgehead atoms. The number of allylic oxidation sites excluding steroid dienone is 2. The van der Waals surface area contributed by atoms with Crippen molar-refractivity contribution in [2.75, 3.05) is 0 Å². The number of unbranched alkanes of at least 4 members (excludes halogenated alkanes) is 1. The molecule has 0 spiro atoms. The lowest BCUT2D eigenvalue weighted by Crippen LogP contribution is -2.23. The average Bonchev–Trinajstić information content (AvgIpc) is 3.05. The minimum Gasteiger partial charge on any atom is -0.463 e. The fourth-order valence-corrected chi connectivity index (χ4v) is 5.68. The highest BCUT2D eigenvalue weighted by molar-refractivity contribution is 8.00. The molecule has 1 aliphatic carbocycles. The summed E-state index contributed by atoms with van der Waals surface area (Å²) in [5.41, 5.74) is 1.31. The number of ether oxygens (including phenoxy) is 1. The van der Waals surface area contributed by atoms with Gasteiger partial charge in [0, 0.05) is 14.9 Å². The number of aliphatic hydroxyl groups excluding tert-OH is 2. The third kappa shape index (κ3) is 11.0. The van der Waals surface area contributed by atoms with Crippen molar-refractivity contribution >= 4 is 23.4 Å². The first kappa shape index (κ1) is 28.4. The van der Waals surface area contributed by atoms with Crippen LogP contribution in [0.25, 0.3) is 0 Å². The molecule has 1 saturated carbocycles. The second-order valence-electron chi connectivity index (χ2n) is 9.30. The summed E-state index contributed by atoms with van der Waals surface area (Å²) in [5, 5.41) is 21.1. The Bertz CT molecular complexity index is 697. The Labute approximate surface area is 203 Å². The molecule has 0 heterocycles. The summed E-state index contributed by atoms with van der Waals surface area (Å²) >= 11 is 0. The van der Waals surface area contributed by atoms with Gasteiger partial charge in [-0.25, -0.2) is 0 Å². The molecule has 1 aromatic carbocycles. The summed E-state index contributed by atoms with van der Waals surface area (Å²) in [6.45, 7) is 3.71. The number of aliphatic hydroxyl groups is 2. The van der Waals surface area contributed by atoms with E-state index >= 15 is 0 Å². The molecule has 7 atom stereocenters. The van der Waals surface area contributed by atoms with Crippen LogP contribution in [0.3, 0.4) is 0 Å². The van der Waals surface area contributed by atoms with Crippen molar-refractivity contribution < 1.29 is 24.3 Å². The summed E-state index contributed by atoms with van der Waals surface area (Å²) in [5.74, 6) is -0.000326. The highest BCUT2D eigenvalue weighted by Gasteiger charge is 2.40. The molecule has 2 rings (SSSR count). The summed E-state index contributed by atoms with van der Waals surface area (Å²) < 4.78 is 11.1. The number of carbonyl (C=O) groups is 1. The summed E-state index contributed by atoms with van der Waals surface area (Å²) in [6, 6.07) is 10.5. The maximum absolute atomic E-state index is 11.6. The van der Waals surface area contributed by atoms with E-state index in [0.717, 1.165) is 44.9 Å². The molecule has 7 heteroatoms. The number of hydrogen-bond donors (Lipinski definition) is 2. The summed E-state index contributed by atoms with van der Waals surface area (Å²) in [4.78, 5) is 11.6. The van der Waals surface area contributed by atoms with Crippen LogP contribution in [0.5, 0.6) is 0 Å². The number of hydrogen-bond acceptors (Lipinski definition) is 5. The van der Waals surface area contributed by atoms with E-state index in [0.29, 0.717) is 21.3 Å². The molecular weight excluding hydrogens is 454 g/mol. The molecule has 186 valence electrons. The normalized spacial score (nSPS) is 24.3. The fourth-order valence-electron chi connectivity index (χ4n) is 4.67. The van der Waals surface area contributed by atoms with Crippen LogP contribution in [-0.2, 0) is 20.5 Å². The SMILES string of the molecule is CC(C)OC(=O)CCC/C=C\C[C@@H]1[C@@H](CC[C@H](CCc2ccccc2)OPP)[C@H](O)C[C@@H]1O. The van der Waals surface area contributed by atoms with Gasteiger partial charge in [0.1, 0.15) is 0 Å². The first-order valence-electron chi connectivity index (χ1n) is 12.3. The van der Waals surface area contributed by atoms with Crippen LogP contribution < -0.4 is 0 Å². The molecular formula is C26H42O5P2. The van der Waals surface area contributed by atoms with Crippen molar-refractivity contribution in [3.8, 4) is 0 Å². The molecule has 5 nitrogen and oxygen atoms in total. The Morgan fingerprint density at radius 2 is 1.88 bits per heavy atom. The maximum Gasteiger partial charge on any atom is 0.306 e. The summed E-state index contributed by atoms with van der Waals surface area (Å²) in [6.07, 6.45) is 10.2. The molecule has 0 amide bonds. The van der Waals surface area contributed by atoms with Crippen LogP contribution in [-0.4, -0.2) is 40.6 Å². The maximum atomic E-state index is 11.6.